The zero-order valence-electron chi connectivity index (χ0n) is 12.5. The van der Waals surface area contributed by atoms with Crippen molar-refractivity contribution in [1.29, 1.82) is 0 Å². The molecule has 1 N–H and O–H groups in total. The van der Waals surface area contributed by atoms with Crippen molar-refractivity contribution in [2.45, 2.75) is 0 Å². The first-order valence-corrected chi connectivity index (χ1v) is 7.36. The number of nitrogens with one attached hydrogen (secondary N) is 1. The van der Waals surface area contributed by atoms with Gasteiger partial charge in [0.05, 0.1) is 25.0 Å². The quantitative estimate of drug-likeness (QED) is 0.828. The number of ether oxygens (including phenoxy) is 2. The number of amides is 1. The minimum Gasteiger partial charge on any atom is -0.484 e. The highest BCUT2D eigenvalue weighted by Gasteiger charge is 2.17. The molecule has 0 radical (unpaired) electrons. The van der Waals surface area contributed by atoms with Gasteiger partial charge < -0.3 is 14.4 Å². The molecule has 1 aromatic carbocycles. The summed E-state index contributed by atoms with van der Waals surface area (Å²) in [6, 6.07) is 6.77. The first kappa shape index (κ1) is 15.2. The second kappa shape index (κ2) is 7.06. The van der Waals surface area contributed by atoms with Crippen molar-refractivity contribution in [2.24, 2.45) is 0 Å². The SMILES string of the molecule is O=C(c1cn[nH]c1)c1cccc(OCC(=O)N2CCOCC2)c1. The third kappa shape index (κ3) is 3.75. The van der Waals surface area contributed by atoms with E-state index in [9.17, 15) is 9.59 Å². The summed E-state index contributed by atoms with van der Waals surface area (Å²) in [5, 5.41) is 6.37. The van der Waals surface area contributed by atoms with Crippen LogP contribution >= 0.6 is 0 Å². The second-order valence-corrected chi connectivity index (χ2v) is 5.13. The molecule has 1 aliphatic heterocycles. The van der Waals surface area contributed by atoms with E-state index in [4.69, 9.17) is 9.47 Å². The van der Waals surface area contributed by atoms with Crippen LogP contribution in [0.4, 0.5) is 0 Å². The summed E-state index contributed by atoms with van der Waals surface area (Å²) in [4.78, 5) is 26.0. The minimum atomic E-state index is -0.149. The standard InChI is InChI=1S/C16H17N3O4/c20-15(19-4-6-22-7-5-19)11-23-14-3-1-2-12(8-14)16(21)13-9-17-18-10-13/h1-3,8-10H,4-7,11H2,(H,17,18). The van der Waals surface area contributed by atoms with E-state index in [2.05, 4.69) is 10.2 Å². The van der Waals surface area contributed by atoms with E-state index in [0.29, 0.717) is 43.2 Å². The van der Waals surface area contributed by atoms with Crippen LogP contribution in [-0.4, -0.2) is 59.7 Å². The van der Waals surface area contributed by atoms with Gasteiger partial charge in [-0.25, -0.2) is 0 Å². The molecule has 3 rings (SSSR count). The van der Waals surface area contributed by atoms with Gasteiger partial charge in [-0.3, -0.25) is 14.7 Å². The highest BCUT2D eigenvalue weighted by atomic mass is 16.5. The number of hydrogen-bond donors (Lipinski definition) is 1. The molecule has 1 fully saturated rings. The van der Waals surface area contributed by atoms with Crippen molar-refractivity contribution in [3.05, 3.63) is 47.8 Å². The van der Waals surface area contributed by atoms with Gasteiger partial charge in [0.1, 0.15) is 5.75 Å². The Morgan fingerprint density at radius 2 is 2.09 bits per heavy atom. The lowest BCUT2D eigenvalue weighted by Gasteiger charge is -2.26. The topological polar surface area (TPSA) is 84.5 Å². The summed E-state index contributed by atoms with van der Waals surface area (Å²) >= 11 is 0. The average Bonchev–Trinajstić information content (AvgIpc) is 3.14. The number of benzene rings is 1. The zero-order valence-corrected chi connectivity index (χ0v) is 12.5. The molecule has 7 heteroatoms. The molecule has 2 aromatic rings. The number of aromatic amines is 1. The molecule has 120 valence electrons. The van der Waals surface area contributed by atoms with Crippen LogP contribution in [0.3, 0.4) is 0 Å². The largest absolute Gasteiger partial charge is 0.484 e. The molecule has 1 aromatic heterocycles. The molecule has 0 saturated carbocycles. The van der Waals surface area contributed by atoms with E-state index in [1.54, 1.807) is 29.2 Å². The van der Waals surface area contributed by atoms with Gasteiger partial charge in [-0.15, -0.1) is 0 Å². The number of H-pyrrole nitrogens is 1. The molecule has 23 heavy (non-hydrogen) atoms. The van der Waals surface area contributed by atoms with Gasteiger partial charge in [0, 0.05) is 24.8 Å². The Kier molecular flexibility index (Phi) is 4.68. The van der Waals surface area contributed by atoms with E-state index in [0.717, 1.165) is 0 Å². The lowest BCUT2D eigenvalue weighted by molar-refractivity contribution is -0.137. The van der Waals surface area contributed by atoms with Gasteiger partial charge in [0.15, 0.2) is 12.4 Å². The van der Waals surface area contributed by atoms with Crippen LogP contribution in [0.1, 0.15) is 15.9 Å². The first-order valence-electron chi connectivity index (χ1n) is 7.36. The number of aromatic nitrogens is 2. The van der Waals surface area contributed by atoms with Crippen LogP contribution in [0.5, 0.6) is 5.75 Å². The molecule has 0 atom stereocenters. The summed E-state index contributed by atoms with van der Waals surface area (Å²) in [7, 11) is 0. The van der Waals surface area contributed by atoms with Crippen LogP contribution in [0.2, 0.25) is 0 Å². The van der Waals surface area contributed by atoms with Gasteiger partial charge in [-0.05, 0) is 12.1 Å². The number of carbonyl (C=O) groups is 2. The Hall–Kier alpha value is -2.67. The molecular formula is C16H17N3O4. The fourth-order valence-corrected chi connectivity index (χ4v) is 2.32. The first-order chi connectivity index (χ1) is 11.2. The van der Waals surface area contributed by atoms with Gasteiger partial charge in [0.2, 0.25) is 0 Å². The third-order valence-corrected chi connectivity index (χ3v) is 3.58. The Morgan fingerprint density at radius 3 is 2.83 bits per heavy atom. The molecule has 1 saturated heterocycles. The number of rotatable bonds is 5. The van der Waals surface area contributed by atoms with E-state index in [-0.39, 0.29) is 18.3 Å². The lowest BCUT2D eigenvalue weighted by Crippen LogP contribution is -2.42. The van der Waals surface area contributed by atoms with Crippen molar-refractivity contribution in [3.8, 4) is 5.75 Å². The van der Waals surface area contributed by atoms with Crippen molar-refractivity contribution in [1.82, 2.24) is 15.1 Å². The summed E-state index contributed by atoms with van der Waals surface area (Å²) in [6.45, 7) is 2.23. The molecular weight excluding hydrogens is 298 g/mol. The maximum absolute atomic E-state index is 12.2. The van der Waals surface area contributed by atoms with Gasteiger partial charge in [-0.1, -0.05) is 12.1 Å². The Balaban J connectivity index is 1.61. The third-order valence-electron chi connectivity index (χ3n) is 3.58. The molecule has 0 aliphatic carbocycles. The molecule has 7 nitrogen and oxygen atoms in total. The number of morpholine rings is 1. The molecule has 0 unspecified atom stereocenters. The fraction of sp³-hybridized carbons (Fsp3) is 0.312. The summed E-state index contributed by atoms with van der Waals surface area (Å²) < 4.78 is 10.7. The molecule has 1 amide bonds. The van der Waals surface area contributed by atoms with Crippen LogP contribution in [0.25, 0.3) is 0 Å². The number of hydrogen-bond acceptors (Lipinski definition) is 5. The van der Waals surface area contributed by atoms with E-state index in [1.165, 1.54) is 12.4 Å². The Labute approximate surface area is 133 Å². The van der Waals surface area contributed by atoms with Gasteiger partial charge in [0.25, 0.3) is 5.91 Å². The molecule has 2 heterocycles. The van der Waals surface area contributed by atoms with Crippen LogP contribution in [0.15, 0.2) is 36.7 Å². The van der Waals surface area contributed by atoms with E-state index in [1.807, 2.05) is 0 Å². The average molecular weight is 315 g/mol. The minimum absolute atomic E-state index is 0.0522. The fourth-order valence-electron chi connectivity index (χ4n) is 2.32. The second-order valence-electron chi connectivity index (χ2n) is 5.13. The van der Waals surface area contributed by atoms with E-state index >= 15 is 0 Å². The maximum Gasteiger partial charge on any atom is 0.260 e. The number of nitrogens with zero attached hydrogens (tertiary/aromatic N) is 2. The lowest BCUT2D eigenvalue weighted by atomic mass is 10.1. The Bertz CT molecular complexity index is 678. The maximum atomic E-state index is 12.2. The van der Waals surface area contributed by atoms with Crippen LogP contribution in [0, 0.1) is 0 Å². The zero-order chi connectivity index (χ0) is 16.1. The monoisotopic (exact) mass is 315 g/mol. The van der Waals surface area contributed by atoms with Crippen LogP contribution in [-0.2, 0) is 9.53 Å². The van der Waals surface area contributed by atoms with Crippen molar-refractivity contribution in [2.75, 3.05) is 32.9 Å². The Morgan fingerprint density at radius 1 is 1.26 bits per heavy atom. The smallest absolute Gasteiger partial charge is 0.260 e. The summed E-state index contributed by atoms with van der Waals surface area (Å²) in [5.41, 5.74) is 0.967. The highest BCUT2D eigenvalue weighted by Crippen LogP contribution is 2.16. The summed E-state index contributed by atoms with van der Waals surface area (Å²) in [6.07, 6.45) is 3.01. The molecule has 0 bridgehead atoms. The van der Waals surface area contributed by atoms with Gasteiger partial charge >= 0.3 is 0 Å². The summed E-state index contributed by atoms with van der Waals surface area (Å²) in [5.74, 6) is 0.254. The predicted molar refractivity (Wildman–Crippen MR) is 81.4 cm³/mol. The van der Waals surface area contributed by atoms with Crippen molar-refractivity contribution in [3.63, 3.8) is 0 Å². The molecule has 0 spiro atoms. The normalized spacial score (nSPS) is 14.5. The predicted octanol–water partition coefficient (Wildman–Crippen LogP) is 0.878. The van der Waals surface area contributed by atoms with Gasteiger partial charge in [-0.2, -0.15) is 5.10 Å². The molecule has 1 aliphatic rings. The highest BCUT2D eigenvalue weighted by molar-refractivity contribution is 6.08. The van der Waals surface area contributed by atoms with E-state index < -0.39 is 0 Å². The van der Waals surface area contributed by atoms with Crippen molar-refractivity contribution >= 4 is 11.7 Å². The van der Waals surface area contributed by atoms with Crippen LogP contribution < -0.4 is 4.74 Å². The number of carbonyl (C=O) groups excluding carboxylic acids is 2. The van der Waals surface area contributed by atoms with Crippen molar-refractivity contribution < 1.29 is 19.1 Å². The number of ketones is 1.